The van der Waals surface area contributed by atoms with E-state index in [2.05, 4.69) is 10.3 Å². The topological polar surface area (TPSA) is 64.0 Å². The quantitative estimate of drug-likeness (QED) is 0.839. The lowest BCUT2D eigenvalue weighted by atomic mass is 10.4. The van der Waals surface area contributed by atoms with Gasteiger partial charge in [0.2, 0.25) is 5.95 Å². The van der Waals surface area contributed by atoms with Crippen molar-refractivity contribution in [2.45, 2.75) is 39.8 Å². The van der Waals surface area contributed by atoms with Crippen LogP contribution in [-0.2, 0) is 16.4 Å². The molecule has 5 nitrogen and oxygen atoms in total. The van der Waals surface area contributed by atoms with E-state index in [1.54, 1.807) is 0 Å². The van der Waals surface area contributed by atoms with Crippen LogP contribution < -0.4 is 5.32 Å². The third-order valence-electron chi connectivity index (χ3n) is 2.23. The van der Waals surface area contributed by atoms with E-state index in [0.717, 1.165) is 11.6 Å². The number of hydrogen-bond donors (Lipinski definition) is 1. The van der Waals surface area contributed by atoms with Gasteiger partial charge in [-0.15, -0.1) is 0 Å². The number of hydrogen-bond acceptors (Lipinski definition) is 4. The van der Waals surface area contributed by atoms with E-state index in [4.69, 9.17) is 0 Å². The number of nitrogens with one attached hydrogen (secondary N) is 1. The third kappa shape index (κ3) is 5.21. The summed E-state index contributed by atoms with van der Waals surface area (Å²) in [5.74, 6) is 1.02. The molecule has 0 atom stereocenters. The fraction of sp³-hybridized carbons (Fsp3) is 0.727. The Labute approximate surface area is 103 Å². The maximum Gasteiger partial charge on any atom is 0.203 e. The van der Waals surface area contributed by atoms with Crippen molar-refractivity contribution in [3.8, 4) is 0 Å². The molecule has 17 heavy (non-hydrogen) atoms. The van der Waals surface area contributed by atoms with Crippen LogP contribution in [0, 0.1) is 6.92 Å². The van der Waals surface area contributed by atoms with E-state index in [1.807, 2.05) is 31.5 Å². The van der Waals surface area contributed by atoms with E-state index in [-0.39, 0.29) is 5.75 Å². The first-order valence-electron chi connectivity index (χ1n) is 5.76. The van der Waals surface area contributed by atoms with Crippen molar-refractivity contribution in [2.75, 3.05) is 17.3 Å². The zero-order valence-corrected chi connectivity index (χ0v) is 11.7. The van der Waals surface area contributed by atoms with Gasteiger partial charge in [-0.05, 0) is 27.2 Å². The molecule has 1 rings (SSSR count). The van der Waals surface area contributed by atoms with Crippen LogP contribution in [0.1, 0.15) is 26.0 Å². The Hall–Kier alpha value is -1.04. The molecule has 0 fully saturated rings. The Morgan fingerprint density at radius 3 is 2.65 bits per heavy atom. The molecule has 0 bridgehead atoms. The van der Waals surface area contributed by atoms with Crippen molar-refractivity contribution in [1.82, 2.24) is 9.55 Å². The molecule has 0 amide bonds. The largest absolute Gasteiger partial charge is 0.353 e. The average molecular weight is 259 g/mol. The fourth-order valence-electron chi connectivity index (χ4n) is 1.59. The van der Waals surface area contributed by atoms with Crippen molar-refractivity contribution >= 4 is 15.8 Å². The van der Waals surface area contributed by atoms with Crippen molar-refractivity contribution in [1.29, 1.82) is 0 Å². The third-order valence-corrected chi connectivity index (χ3v) is 3.26. The van der Waals surface area contributed by atoms with E-state index >= 15 is 0 Å². The average Bonchev–Trinajstić information content (AvgIpc) is 2.43. The second kappa shape index (κ2) is 5.53. The van der Waals surface area contributed by atoms with Gasteiger partial charge >= 0.3 is 0 Å². The second-order valence-corrected chi connectivity index (χ2v) is 6.94. The first-order chi connectivity index (χ1) is 7.78. The number of rotatable bonds is 6. The maximum absolute atomic E-state index is 11.0. The van der Waals surface area contributed by atoms with E-state index in [0.29, 0.717) is 19.0 Å². The Morgan fingerprint density at radius 2 is 2.12 bits per heavy atom. The molecule has 0 aliphatic carbocycles. The Kier molecular flexibility index (Phi) is 4.56. The smallest absolute Gasteiger partial charge is 0.203 e. The number of aryl methyl sites for hydroxylation is 2. The van der Waals surface area contributed by atoms with Crippen molar-refractivity contribution < 1.29 is 8.42 Å². The lowest BCUT2D eigenvalue weighted by Gasteiger charge is -2.11. The van der Waals surface area contributed by atoms with Gasteiger partial charge in [0, 0.05) is 25.0 Å². The summed E-state index contributed by atoms with van der Waals surface area (Å²) in [6, 6.07) is 0.311. The van der Waals surface area contributed by atoms with Crippen LogP contribution in [0.3, 0.4) is 0 Å². The zero-order chi connectivity index (χ0) is 13.1. The molecule has 0 aromatic carbocycles. The lowest BCUT2D eigenvalue weighted by Crippen LogP contribution is -2.15. The number of anilines is 1. The molecule has 1 aromatic rings. The highest BCUT2D eigenvalue weighted by molar-refractivity contribution is 7.90. The highest BCUT2D eigenvalue weighted by Gasteiger charge is 2.08. The predicted octanol–water partition coefficient (Wildman–Crippen LogP) is 1.45. The summed E-state index contributed by atoms with van der Waals surface area (Å²) in [4.78, 5) is 4.37. The molecule has 0 radical (unpaired) electrons. The van der Waals surface area contributed by atoms with Gasteiger partial charge in [-0.1, -0.05) is 0 Å². The minimum atomic E-state index is -2.88. The first-order valence-corrected chi connectivity index (χ1v) is 7.82. The number of imidazole rings is 1. The zero-order valence-electron chi connectivity index (χ0n) is 10.9. The summed E-state index contributed by atoms with van der Waals surface area (Å²) in [7, 11) is -2.88. The lowest BCUT2D eigenvalue weighted by molar-refractivity contribution is 0.592. The van der Waals surface area contributed by atoms with Crippen molar-refractivity contribution in [3.63, 3.8) is 0 Å². The second-order valence-electron chi connectivity index (χ2n) is 4.68. The molecule has 1 heterocycles. The summed E-state index contributed by atoms with van der Waals surface area (Å²) in [6.07, 6.45) is 3.81. The van der Waals surface area contributed by atoms with E-state index in [9.17, 15) is 8.42 Å². The molecule has 0 unspecified atom stereocenters. The van der Waals surface area contributed by atoms with Crippen LogP contribution in [0.15, 0.2) is 6.20 Å². The summed E-state index contributed by atoms with van der Waals surface area (Å²) >= 11 is 0. The first kappa shape index (κ1) is 14.0. The molecule has 0 spiro atoms. The highest BCUT2D eigenvalue weighted by atomic mass is 32.2. The SMILES string of the molecule is Cc1cn(CCCS(C)(=O)=O)c(NC(C)C)n1. The van der Waals surface area contributed by atoms with Gasteiger partial charge in [0.25, 0.3) is 0 Å². The Morgan fingerprint density at radius 1 is 1.47 bits per heavy atom. The number of sulfone groups is 1. The van der Waals surface area contributed by atoms with Crippen LogP contribution in [0.2, 0.25) is 0 Å². The Balaban J connectivity index is 2.63. The predicted molar refractivity (Wildman–Crippen MR) is 70.1 cm³/mol. The van der Waals surface area contributed by atoms with Gasteiger partial charge in [-0.3, -0.25) is 0 Å². The summed E-state index contributed by atoms with van der Waals surface area (Å²) in [5.41, 5.74) is 0.938. The monoisotopic (exact) mass is 259 g/mol. The normalized spacial score (nSPS) is 12.1. The molecule has 0 saturated heterocycles. The summed E-state index contributed by atoms with van der Waals surface area (Å²) in [5, 5.41) is 3.24. The summed E-state index contributed by atoms with van der Waals surface area (Å²) in [6.45, 7) is 6.69. The van der Waals surface area contributed by atoms with Crippen LogP contribution >= 0.6 is 0 Å². The molecule has 0 aliphatic heterocycles. The standard InChI is InChI=1S/C11H21N3O2S/c1-9(2)12-11-13-10(3)8-14(11)6-5-7-17(4,15)16/h8-9H,5-7H2,1-4H3,(H,12,13). The molecular formula is C11H21N3O2S. The van der Waals surface area contributed by atoms with Crippen molar-refractivity contribution in [3.05, 3.63) is 11.9 Å². The van der Waals surface area contributed by atoms with Gasteiger partial charge in [-0.2, -0.15) is 0 Å². The molecule has 6 heteroatoms. The Bertz CT molecular complexity index is 463. The van der Waals surface area contributed by atoms with Crippen molar-refractivity contribution in [2.24, 2.45) is 0 Å². The van der Waals surface area contributed by atoms with Crippen LogP contribution in [0.4, 0.5) is 5.95 Å². The summed E-state index contributed by atoms with van der Waals surface area (Å²) < 4.78 is 24.1. The molecule has 0 saturated carbocycles. The minimum absolute atomic E-state index is 0.214. The maximum atomic E-state index is 11.0. The van der Waals surface area contributed by atoms with Crippen LogP contribution in [0.25, 0.3) is 0 Å². The minimum Gasteiger partial charge on any atom is -0.353 e. The number of aromatic nitrogens is 2. The van der Waals surface area contributed by atoms with Crippen LogP contribution in [-0.4, -0.2) is 36.0 Å². The molecule has 98 valence electrons. The van der Waals surface area contributed by atoms with Gasteiger partial charge < -0.3 is 9.88 Å². The van der Waals surface area contributed by atoms with E-state index in [1.165, 1.54) is 6.26 Å². The van der Waals surface area contributed by atoms with Crippen LogP contribution in [0.5, 0.6) is 0 Å². The molecular weight excluding hydrogens is 238 g/mol. The van der Waals surface area contributed by atoms with Gasteiger partial charge in [0.05, 0.1) is 11.4 Å². The van der Waals surface area contributed by atoms with Gasteiger partial charge in [0.15, 0.2) is 0 Å². The fourth-order valence-corrected chi connectivity index (χ4v) is 2.24. The van der Waals surface area contributed by atoms with Gasteiger partial charge in [0.1, 0.15) is 9.84 Å². The molecule has 1 N–H and O–H groups in total. The number of nitrogens with zero attached hydrogens (tertiary/aromatic N) is 2. The molecule has 1 aromatic heterocycles. The van der Waals surface area contributed by atoms with E-state index < -0.39 is 9.84 Å². The molecule has 0 aliphatic rings. The van der Waals surface area contributed by atoms with Gasteiger partial charge in [-0.25, -0.2) is 13.4 Å². The highest BCUT2D eigenvalue weighted by Crippen LogP contribution is 2.10.